The first-order valence-electron chi connectivity index (χ1n) is 5.23. The van der Waals surface area contributed by atoms with Crippen LogP contribution in [0.4, 0.5) is 5.69 Å². The zero-order chi connectivity index (χ0) is 12.4. The molecular formula is C13H13NO2S. The summed E-state index contributed by atoms with van der Waals surface area (Å²) in [5.41, 5.74) is 2.22. The van der Waals surface area contributed by atoms with Crippen LogP contribution in [0.15, 0.2) is 29.6 Å². The van der Waals surface area contributed by atoms with Gasteiger partial charge in [0.25, 0.3) is 5.91 Å². The second-order valence-electron chi connectivity index (χ2n) is 3.89. The van der Waals surface area contributed by atoms with Gasteiger partial charge in [-0.3, -0.25) is 4.79 Å². The standard InChI is InChI=1S/C13H13NO2S/c1-8-6-10(7-9(2)12(8)15)14-13(16)11-4-3-5-17-11/h3-7,15H,1-2H3,(H,14,16). The van der Waals surface area contributed by atoms with Gasteiger partial charge in [0.1, 0.15) is 5.75 Å². The molecule has 0 saturated heterocycles. The Hall–Kier alpha value is -1.81. The van der Waals surface area contributed by atoms with Crippen LogP contribution in [0.1, 0.15) is 20.8 Å². The van der Waals surface area contributed by atoms with E-state index in [0.717, 1.165) is 11.1 Å². The van der Waals surface area contributed by atoms with E-state index in [0.29, 0.717) is 10.6 Å². The largest absolute Gasteiger partial charge is 0.507 e. The van der Waals surface area contributed by atoms with Crippen LogP contribution in [0.25, 0.3) is 0 Å². The molecule has 0 fully saturated rings. The van der Waals surface area contributed by atoms with Crippen LogP contribution in [-0.2, 0) is 0 Å². The lowest BCUT2D eigenvalue weighted by Gasteiger charge is -2.08. The van der Waals surface area contributed by atoms with Crippen molar-refractivity contribution in [2.75, 3.05) is 5.32 Å². The van der Waals surface area contributed by atoms with Gasteiger partial charge in [0.05, 0.1) is 4.88 Å². The van der Waals surface area contributed by atoms with E-state index in [4.69, 9.17) is 0 Å². The third-order valence-electron chi connectivity index (χ3n) is 2.49. The number of hydrogen-bond donors (Lipinski definition) is 2. The normalized spacial score (nSPS) is 10.2. The highest BCUT2D eigenvalue weighted by Crippen LogP contribution is 2.26. The molecule has 4 heteroatoms. The van der Waals surface area contributed by atoms with Gasteiger partial charge in [0, 0.05) is 5.69 Å². The van der Waals surface area contributed by atoms with Gasteiger partial charge < -0.3 is 10.4 Å². The predicted molar refractivity (Wildman–Crippen MR) is 69.9 cm³/mol. The van der Waals surface area contributed by atoms with E-state index >= 15 is 0 Å². The number of amides is 1. The lowest BCUT2D eigenvalue weighted by atomic mass is 10.1. The minimum atomic E-state index is -0.121. The van der Waals surface area contributed by atoms with Gasteiger partial charge >= 0.3 is 0 Å². The van der Waals surface area contributed by atoms with Gasteiger partial charge in [-0.2, -0.15) is 0 Å². The van der Waals surface area contributed by atoms with Gasteiger partial charge in [-0.15, -0.1) is 11.3 Å². The molecule has 0 radical (unpaired) electrons. The van der Waals surface area contributed by atoms with E-state index in [-0.39, 0.29) is 11.7 Å². The minimum absolute atomic E-state index is 0.121. The molecule has 0 spiro atoms. The molecule has 1 amide bonds. The van der Waals surface area contributed by atoms with Crippen molar-refractivity contribution in [3.8, 4) is 5.75 Å². The first kappa shape index (κ1) is 11.7. The van der Waals surface area contributed by atoms with E-state index in [1.807, 2.05) is 25.3 Å². The summed E-state index contributed by atoms with van der Waals surface area (Å²) in [4.78, 5) is 12.5. The Kier molecular flexibility index (Phi) is 3.15. The SMILES string of the molecule is Cc1cc(NC(=O)c2cccs2)cc(C)c1O. The maximum atomic E-state index is 11.8. The van der Waals surface area contributed by atoms with Crippen molar-refractivity contribution in [2.45, 2.75) is 13.8 Å². The number of thiophene rings is 1. The summed E-state index contributed by atoms with van der Waals surface area (Å²) in [5, 5.41) is 14.3. The molecule has 1 heterocycles. The van der Waals surface area contributed by atoms with Gasteiger partial charge in [-0.05, 0) is 48.6 Å². The van der Waals surface area contributed by atoms with E-state index in [1.54, 1.807) is 18.2 Å². The molecular weight excluding hydrogens is 234 g/mol. The Morgan fingerprint density at radius 2 is 1.94 bits per heavy atom. The van der Waals surface area contributed by atoms with E-state index in [2.05, 4.69) is 5.32 Å². The van der Waals surface area contributed by atoms with Gasteiger partial charge in [0.2, 0.25) is 0 Å². The topological polar surface area (TPSA) is 49.3 Å². The number of hydrogen-bond acceptors (Lipinski definition) is 3. The zero-order valence-electron chi connectivity index (χ0n) is 9.65. The zero-order valence-corrected chi connectivity index (χ0v) is 10.5. The second kappa shape index (κ2) is 4.59. The molecule has 2 N–H and O–H groups in total. The highest BCUT2D eigenvalue weighted by molar-refractivity contribution is 7.12. The highest BCUT2D eigenvalue weighted by Gasteiger charge is 2.09. The van der Waals surface area contributed by atoms with Crippen molar-refractivity contribution in [1.29, 1.82) is 0 Å². The third-order valence-corrected chi connectivity index (χ3v) is 3.36. The highest BCUT2D eigenvalue weighted by atomic mass is 32.1. The van der Waals surface area contributed by atoms with Crippen molar-refractivity contribution in [2.24, 2.45) is 0 Å². The van der Waals surface area contributed by atoms with E-state index in [1.165, 1.54) is 11.3 Å². The van der Waals surface area contributed by atoms with Crippen LogP contribution in [0.5, 0.6) is 5.75 Å². The Morgan fingerprint density at radius 3 is 2.47 bits per heavy atom. The number of aryl methyl sites for hydroxylation is 2. The van der Waals surface area contributed by atoms with E-state index < -0.39 is 0 Å². The summed E-state index contributed by atoms with van der Waals surface area (Å²) in [5.74, 6) is 0.156. The van der Waals surface area contributed by atoms with Crippen LogP contribution in [0.2, 0.25) is 0 Å². The van der Waals surface area contributed by atoms with Crippen molar-refractivity contribution >= 4 is 22.9 Å². The molecule has 2 rings (SSSR count). The predicted octanol–water partition coefficient (Wildman–Crippen LogP) is 3.32. The molecule has 0 atom stereocenters. The number of anilines is 1. The van der Waals surface area contributed by atoms with Gasteiger partial charge in [-0.1, -0.05) is 6.07 Å². The monoisotopic (exact) mass is 247 g/mol. The molecule has 88 valence electrons. The van der Waals surface area contributed by atoms with Crippen LogP contribution >= 0.6 is 11.3 Å². The first-order chi connectivity index (χ1) is 8.08. The summed E-state index contributed by atoms with van der Waals surface area (Å²) < 4.78 is 0. The molecule has 3 nitrogen and oxygen atoms in total. The van der Waals surface area contributed by atoms with Crippen LogP contribution in [0, 0.1) is 13.8 Å². The number of carbonyl (C=O) groups is 1. The number of phenols is 1. The van der Waals surface area contributed by atoms with Crippen LogP contribution in [-0.4, -0.2) is 11.0 Å². The summed E-state index contributed by atoms with van der Waals surface area (Å²) >= 11 is 1.40. The van der Waals surface area contributed by atoms with Crippen molar-refractivity contribution in [3.63, 3.8) is 0 Å². The smallest absolute Gasteiger partial charge is 0.265 e. The average molecular weight is 247 g/mol. The molecule has 0 aliphatic carbocycles. The number of phenolic OH excluding ortho intramolecular Hbond substituents is 1. The maximum absolute atomic E-state index is 11.8. The Morgan fingerprint density at radius 1 is 1.29 bits per heavy atom. The molecule has 0 saturated carbocycles. The van der Waals surface area contributed by atoms with Crippen molar-refractivity contribution in [1.82, 2.24) is 0 Å². The summed E-state index contributed by atoms with van der Waals surface area (Å²) in [6, 6.07) is 7.13. The summed E-state index contributed by atoms with van der Waals surface area (Å²) in [7, 11) is 0. The van der Waals surface area contributed by atoms with Crippen molar-refractivity contribution in [3.05, 3.63) is 45.6 Å². The average Bonchev–Trinajstić information content (AvgIpc) is 2.79. The van der Waals surface area contributed by atoms with Crippen LogP contribution in [0.3, 0.4) is 0 Å². The molecule has 17 heavy (non-hydrogen) atoms. The molecule has 0 unspecified atom stereocenters. The van der Waals surface area contributed by atoms with Crippen LogP contribution < -0.4 is 5.32 Å². The molecule has 0 aliphatic heterocycles. The lowest BCUT2D eigenvalue weighted by Crippen LogP contribution is -2.10. The fourth-order valence-corrected chi connectivity index (χ4v) is 2.25. The van der Waals surface area contributed by atoms with E-state index in [9.17, 15) is 9.90 Å². The quantitative estimate of drug-likeness (QED) is 0.800. The molecule has 2 aromatic rings. The minimum Gasteiger partial charge on any atom is -0.507 e. The molecule has 1 aromatic heterocycles. The number of benzene rings is 1. The Balaban J connectivity index is 2.22. The number of rotatable bonds is 2. The number of nitrogens with one attached hydrogen (secondary N) is 1. The van der Waals surface area contributed by atoms with Gasteiger partial charge in [0.15, 0.2) is 0 Å². The Labute approximate surface area is 104 Å². The second-order valence-corrected chi connectivity index (χ2v) is 4.84. The number of carbonyl (C=O) groups excluding carboxylic acids is 1. The summed E-state index contributed by atoms with van der Waals surface area (Å²) in [6.45, 7) is 3.62. The first-order valence-corrected chi connectivity index (χ1v) is 6.11. The number of aromatic hydroxyl groups is 1. The lowest BCUT2D eigenvalue weighted by molar-refractivity contribution is 0.103. The summed E-state index contributed by atoms with van der Waals surface area (Å²) in [6.07, 6.45) is 0. The fraction of sp³-hybridized carbons (Fsp3) is 0.154. The molecule has 0 aliphatic rings. The fourth-order valence-electron chi connectivity index (χ4n) is 1.63. The third kappa shape index (κ3) is 2.47. The van der Waals surface area contributed by atoms with Gasteiger partial charge in [-0.25, -0.2) is 0 Å². The maximum Gasteiger partial charge on any atom is 0.265 e. The molecule has 1 aromatic carbocycles. The Bertz CT molecular complexity index is 524. The van der Waals surface area contributed by atoms with Crippen molar-refractivity contribution < 1.29 is 9.90 Å². The molecule has 0 bridgehead atoms.